The SMILES string of the molecule is CCCCCN=C(NCC)N(C)CC(=O)N(CC)CC.I. The summed E-state index contributed by atoms with van der Waals surface area (Å²) in [5.41, 5.74) is 0. The van der Waals surface area contributed by atoms with Crippen LogP contribution in [0.3, 0.4) is 0 Å². The third kappa shape index (κ3) is 9.92. The molecule has 21 heavy (non-hydrogen) atoms. The van der Waals surface area contributed by atoms with Gasteiger partial charge in [0.1, 0.15) is 0 Å². The zero-order valence-electron chi connectivity index (χ0n) is 14.3. The molecule has 6 heteroatoms. The molecule has 0 heterocycles. The van der Waals surface area contributed by atoms with E-state index in [0.717, 1.165) is 38.6 Å². The first-order valence-electron chi connectivity index (χ1n) is 7.87. The fourth-order valence-electron chi connectivity index (χ4n) is 1.97. The number of unbranched alkanes of at least 4 members (excludes halogenated alkanes) is 2. The Labute approximate surface area is 147 Å². The van der Waals surface area contributed by atoms with Gasteiger partial charge in [-0.3, -0.25) is 9.79 Å². The first-order chi connectivity index (χ1) is 9.60. The lowest BCUT2D eigenvalue weighted by Crippen LogP contribution is -2.45. The number of hydrogen-bond acceptors (Lipinski definition) is 2. The minimum absolute atomic E-state index is 0. The Hall–Kier alpha value is -0.530. The van der Waals surface area contributed by atoms with Crippen LogP contribution in [0.1, 0.15) is 47.0 Å². The number of carbonyl (C=O) groups excluding carboxylic acids is 1. The van der Waals surface area contributed by atoms with Gasteiger partial charge in [0.25, 0.3) is 0 Å². The molecule has 0 aliphatic rings. The average molecular weight is 412 g/mol. The number of halogens is 1. The second-order valence-corrected chi connectivity index (χ2v) is 4.86. The monoisotopic (exact) mass is 412 g/mol. The molecule has 0 saturated heterocycles. The second-order valence-electron chi connectivity index (χ2n) is 4.86. The van der Waals surface area contributed by atoms with Crippen molar-refractivity contribution in [2.45, 2.75) is 47.0 Å². The highest BCUT2D eigenvalue weighted by atomic mass is 127. The molecule has 0 aromatic carbocycles. The molecule has 0 unspecified atom stereocenters. The van der Waals surface area contributed by atoms with Crippen LogP contribution >= 0.6 is 24.0 Å². The third-order valence-electron chi connectivity index (χ3n) is 3.21. The van der Waals surface area contributed by atoms with Gasteiger partial charge in [-0.2, -0.15) is 0 Å². The summed E-state index contributed by atoms with van der Waals surface area (Å²) < 4.78 is 0. The smallest absolute Gasteiger partial charge is 0.242 e. The highest BCUT2D eigenvalue weighted by molar-refractivity contribution is 14.0. The zero-order chi connectivity index (χ0) is 15.4. The molecule has 126 valence electrons. The average Bonchev–Trinajstić information content (AvgIpc) is 2.43. The quantitative estimate of drug-likeness (QED) is 0.274. The number of guanidine groups is 1. The van der Waals surface area contributed by atoms with Crippen molar-refractivity contribution in [1.82, 2.24) is 15.1 Å². The summed E-state index contributed by atoms with van der Waals surface area (Å²) in [6, 6.07) is 0. The molecule has 0 saturated carbocycles. The van der Waals surface area contributed by atoms with Crippen LogP contribution in [0, 0.1) is 0 Å². The Morgan fingerprint density at radius 2 is 1.71 bits per heavy atom. The van der Waals surface area contributed by atoms with Gasteiger partial charge in [-0.15, -0.1) is 24.0 Å². The molecule has 1 N–H and O–H groups in total. The third-order valence-corrected chi connectivity index (χ3v) is 3.21. The van der Waals surface area contributed by atoms with Crippen molar-refractivity contribution < 1.29 is 4.79 Å². The van der Waals surface area contributed by atoms with Gasteiger partial charge in [0.05, 0.1) is 6.54 Å². The highest BCUT2D eigenvalue weighted by Gasteiger charge is 2.14. The molecule has 0 aromatic rings. The van der Waals surface area contributed by atoms with E-state index < -0.39 is 0 Å². The van der Waals surface area contributed by atoms with Crippen molar-refractivity contribution in [3.63, 3.8) is 0 Å². The summed E-state index contributed by atoms with van der Waals surface area (Å²) in [6.07, 6.45) is 3.50. The van der Waals surface area contributed by atoms with Gasteiger partial charge >= 0.3 is 0 Å². The zero-order valence-corrected chi connectivity index (χ0v) is 16.6. The number of carbonyl (C=O) groups is 1. The molecular weight excluding hydrogens is 379 g/mol. The largest absolute Gasteiger partial charge is 0.357 e. The van der Waals surface area contributed by atoms with Crippen molar-refractivity contribution in [2.24, 2.45) is 4.99 Å². The lowest BCUT2D eigenvalue weighted by molar-refractivity contribution is -0.131. The van der Waals surface area contributed by atoms with Crippen LogP contribution in [-0.4, -0.2) is 61.4 Å². The molecular formula is C15H33IN4O. The van der Waals surface area contributed by atoms with Gasteiger partial charge in [-0.05, 0) is 27.2 Å². The summed E-state index contributed by atoms with van der Waals surface area (Å²) in [5.74, 6) is 0.973. The van der Waals surface area contributed by atoms with E-state index in [1.807, 2.05) is 37.6 Å². The summed E-state index contributed by atoms with van der Waals surface area (Å²) in [7, 11) is 1.92. The molecule has 0 bridgehead atoms. The van der Waals surface area contributed by atoms with E-state index in [9.17, 15) is 4.79 Å². The van der Waals surface area contributed by atoms with Gasteiger partial charge in [-0.25, -0.2) is 0 Å². The number of amides is 1. The van der Waals surface area contributed by atoms with Crippen LogP contribution in [0.2, 0.25) is 0 Å². The summed E-state index contributed by atoms with van der Waals surface area (Å²) in [5, 5.41) is 3.24. The van der Waals surface area contributed by atoms with Crippen LogP contribution in [0.25, 0.3) is 0 Å². The van der Waals surface area contributed by atoms with Gasteiger partial charge in [0.2, 0.25) is 5.91 Å². The van der Waals surface area contributed by atoms with E-state index in [1.165, 1.54) is 12.8 Å². The molecule has 0 atom stereocenters. The Bertz CT molecular complexity index is 293. The Kier molecular flexibility index (Phi) is 15.6. The van der Waals surface area contributed by atoms with Gasteiger partial charge in [0, 0.05) is 33.2 Å². The summed E-state index contributed by atoms with van der Waals surface area (Å²) in [6.45, 7) is 11.8. The fraction of sp³-hybridized carbons (Fsp3) is 0.867. The molecule has 0 spiro atoms. The van der Waals surface area contributed by atoms with Crippen molar-refractivity contribution in [3.8, 4) is 0 Å². The van der Waals surface area contributed by atoms with Crippen LogP contribution in [0.5, 0.6) is 0 Å². The highest BCUT2D eigenvalue weighted by Crippen LogP contribution is 1.97. The van der Waals surface area contributed by atoms with Gasteiger partial charge in [-0.1, -0.05) is 19.8 Å². The van der Waals surface area contributed by atoms with Crippen molar-refractivity contribution in [2.75, 3.05) is 39.8 Å². The van der Waals surface area contributed by atoms with E-state index in [-0.39, 0.29) is 29.9 Å². The maximum Gasteiger partial charge on any atom is 0.242 e. The number of hydrogen-bond donors (Lipinski definition) is 1. The molecule has 0 aliphatic heterocycles. The van der Waals surface area contributed by atoms with E-state index in [0.29, 0.717) is 6.54 Å². The van der Waals surface area contributed by atoms with Gasteiger partial charge < -0.3 is 15.1 Å². The predicted molar refractivity (Wildman–Crippen MR) is 101 cm³/mol. The molecule has 0 aromatic heterocycles. The summed E-state index contributed by atoms with van der Waals surface area (Å²) in [4.78, 5) is 20.4. The van der Waals surface area contributed by atoms with Crippen LogP contribution < -0.4 is 5.32 Å². The number of likely N-dealkylation sites (N-methyl/N-ethyl adjacent to an activating group) is 2. The lowest BCUT2D eigenvalue weighted by atomic mass is 10.2. The predicted octanol–water partition coefficient (Wildman–Crippen LogP) is 2.56. The first kappa shape index (κ1) is 22.7. The van der Waals surface area contributed by atoms with Crippen molar-refractivity contribution in [1.29, 1.82) is 0 Å². The Morgan fingerprint density at radius 3 is 2.19 bits per heavy atom. The fourth-order valence-corrected chi connectivity index (χ4v) is 1.97. The van der Waals surface area contributed by atoms with Crippen LogP contribution in [0.15, 0.2) is 4.99 Å². The maximum absolute atomic E-state index is 12.1. The molecule has 0 fully saturated rings. The lowest BCUT2D eigenvalue weighted by Gasteiger charge is -2.25. The number of aliphatic imine (C=N–C) groups is 1. The minimum atomic E-state index is 0. The van der Waals surface area contributed by atoms with E-state index >= 15 is 0 Å². The van der Waals surface area contributed by atoms with Crippen LogP contribution in [0.4, 0.5) is 0 Å². The molecule has 1 amide bonds. The van der Waals surface area contributed by atoms with Crippen molar-refractivity contribution >= 4 is 35.8 Å². The number of nitrogens with one attached hydrogen (secondary N) is 1. The first-order valence-corrected chi connectivity index (χ1v) is 7.87. The standard InChI is InChI=1S/C15H32N4O.HI/c1-6-10-11-12-17-15(16-7-2)18(5)13-14(20)19(8-3)9-4;/h6-13H2,1-5H3,(H,16,17);1H. The second kappa shape index (κ2) is 14.4. The molecule has 0 aliphatic carbocycles. The minimum Gasteiger partial charge on any atom is -0.357 e. The molecule has 0 radical (unpaired) electrons. The number of nitrogens with zero attached hydrogens (tertiary/aromatic N) is 3. The molecule has 5 nitrogen and oxygen atoms in total. The maximum atomic E-state index is 12.1. The summed E-state index contributed by atoms with van der Waals surface area (Å²) >= 11 is 0. The van der Waals surface area contributed by atoms with Crippen LogP contribution in [-0.2, 0) is 4.79 Å². The van der Waals surface area contributed by atoms with E-state index in [1.54, 1.807) is 0 Å². The van der Waals surface area contributed by atoms with Crippen molar-refractivity contribution in [3.05, 3.63) is 0 Å². The normalized spacial score (nSPS) is 10.8. The van der Waals surface area contributed by atoms with E-state index in [2.05, 4.69) is 17.2 Å². The molecule has 0 rings (SSSR count). The topological polar surface area (TPSA) is 47.9 Å². The Balaban J connectivity index is 0. The number of rotatable bonds is 9. The van der Waals surface area contributed by atoms with Gasteiger partial charge in [0.15, 0.2) is 5.96 Å². The Morgan fingerprint density at radius 1 is 1.10 bits per heavy atom. The van der Waals surface area contributed by atoms with E-state index in [4.69, 9.17) is 0 Å².